The average molecular weight is 491 g/mol. The zero-order valence-electron chi connectivity index (χ0n) is 21.5. The SMILES string of the molecule is CCN=C/C(=C\N)Nc1nc(-c2cccc(OCC(=O)NC(C)(C)C)c2)nc2ccc(OCC)cc12. The Morgan fingerprint density at radius 1 is 1.08 bits per heavy atom. The number of allylic oxidation sites excluding steroid dienone is 1. The van der Waals surface area contributed by atoms with E-state index in [4.69, 9.17) is 25.2 Å². The summed E-state index contributed by atoms with van der Waals surface area (Å²) in [4.78, 5) is 26.0. The van der Waals surface area contributed by atoms with Gasteiger partial charge in [0.25, 0.3) is 5.91 Å². The monoisotopic (exact) mass is 490 g/mol. The molecule has 0 bridgehead atoms. The number of rotatable bonds is 10. The van der Waals surface area contributed by atoms with Crippen molar-refractivity contribution in [2.24, 2.45) is 10.7 Å². The first-order valence-corrected chi connectivity index (χ1v) is 11.9. The maximum Gasteiger partial charge on any atom is 0.258 e. The van der Waals surface area contributed by atoms with Gasteiger partial charge in [-0.05, 0) is 65.0 Å². The maximum atomic E-state index is 12.2. The highest BCUT2D eigenvalue weighted by molar-refractivity contribution is 5.95. The minimum Gasteiger partial charge on any atom is -0.494 e. The topological polar surface area (TPSA) is 124 Å². The fraction of sp³-hybridized carbons (Fsp3) is 0.333. The van der Waals surface area contributed by atoms with Crippen LogP contribution < -0.4 is 25.8 Å². The van der Waals surface area contributed by atoms with E-state index in [-0.39, 0.29) is 18.1 Å². The minimum atomic E-state index is -0.328. The second-order valence-corrected chi connectivity index (χ2v) is 9.00. The standard InChI is InChI=1S/C27H34N6O3/c1-6-29-16-19(15-28)30-26-22-14-21(35-7-2)11-12-23(22)31-25(32-26)18-9-8-10-20(13-18)36-17-24(34)33-27(3,4)5/h8-16H,6-7,17,28H2,1-5H3,(H,33,34)(H,30,31,32)/b19-15+,29-16?. The van der Waals surface area contributed by atoms with Gasteiger partial charge in [0.05, 0.1) is 17.8 Å². The molecule has 0 aliphatic heterocycles. The number of fused-ring (bicyclic) bond motifs is 1. The molecule has 9 nitrogen and oxygen atoms in total. The van der Waals surface area contributed by atoms with Crippen molar-refractivity contribution in [1.29, 1.82) is 0 Å². The van der Waals surface area contributed by atoms with E-state index in [1.54, 1.807) is 12.3 Å². The molecule has 0 fully saturated rings. The van der Waals surface area contributed by atoms with Gasteiger partial charge in [-0.1, -0.05) is 12.1 Å². The van der Waals surface area contributed by atoms with E-state index < -0.39 is 0 Å². The number of anilines is 1. The van der Waals surface area contributed by atoms with E-state index >= 15 is 0 Å². The molecule has 0 atom stereocenters. The van der Waals surface area contributed by atoms with Crippen molar-refractivity contribution in [2.45, 2.75) is 40.2 Å². The predicted molar refractivity (Wildman–Crippen MR) is 144 cm³/mol. The van der Waals surface area contributed by atoms with Crippen molar-refractivity contribution in [3.05, 3.63) is 54.4 Å². The van der Waals surface area contributed by atoms with Gasteiger partial charge >= 0.3 is 0 Å². The third kappa shape index (κ3) is 7.43. The molecular formula is C27H34N6O3. The van der Waals surface area contributed by atoms with Crippen LogP contribution in [0, 0.1) is 0 Å². The van der Waals surface area contributed by atoms with Gasteiger partial charge in [-0.15, -0.1) is 0 Å². The first kappa shape index (κ1) is 26.5. The van der Waals surface area contributed by atoms with Crippen LogP contribution in [-0.4, -0.2) is 47.4 Å². The maximum absolute atomic E-state index is 12.2. The van der Waals surface area contributed by atoms with Gasteiger partial charge in [-0.2, -0.15) is 0 Å². The second-order valence-electron chi connectivity index (χ2n) is 9.00. The molecule has 3 aromatic rings. The quantitative estimate of drug-likeness (QED) is 0.362. The number of aliphatic imine (C=N–C) groups is 1. The molecule has 0 aliphatic carbocycles. The number of nitrogens with two attached hydrogens (primary N) is 1. The van der Waals surface area contributed by atoms with Crippen LogP contribution in [0.2, 0.25) is 0 Å². The first-order chi connectivity index (χ1) is 17.2. The van der Waals surface area contributed by atoms with Gasteiger partial charge in [0.2, 0.25) is 0 Å². The normalized spacial score (nSPS) is 12.1. The third-order valence-corrected chi connectivity index (χ3v) is 4.81. The lowest BCUT2D eigenvalue weighted by molar-refractivity contribution is -0.124. The van der Waals surface area contributed by atoms with E-state index in [0.717, 1.165) is 16.5 Å². The van der Waals surface area contributed by atoms with Crippen molar-refractivity contribution in [1.82, 2.24) is 15.3 Å². The van der Waals surface area contributed by atoms with E-state index in [1.165, 1.54) is 6.20 Å². The van der Waals surface area contributed by atoms with Crippen LogP contribution in [0.15, 0.2) is 59.4 Å². The van der Waals surface area contributed by atoms with Crippen molar-refractivity contribution in [3.8, 4) is 22.9 Å². The molecule has 1 aromatic heterocycles. The molecule has 0 saturated heterocycles. The van der Waals surface area contributed by atoms with E-state index in [9.17, 15) is 4.79 Å². The fourth-order valence-electron chi connectivity index (χ4n) is 3.36. The Hall–Kier alpha value is -4.14. The minimum absolute atomic E-state index is 0.0896. The van der Waals surface area contributed by atoms with Crippen LogP contribution in [0.25, 0.3) is 22.3 Å². The second kappa shape index (κ2) is 12.0. The van der Waals surface area contributed by atoms with Crippen molar-refractivity contribution in [3.63, 3.8) is 0 Å². The molecule has 4 N–H and O–H groups in total. The number of amides is 1. The summed E-state index contributed by atoms with van der Waals surface area (Å²) in [6.07, 6.45) is 3.10. The summed E-state index contributed by atoms with van der Waals surface area (Å²) in [6, 6.07) is 13.0. The largest absolute Gasteiger partial charge is 0.494 e. The number of hydrogen-bond acceptors (Lipinski definition) is 8. The molecule has 3 rings (SSSR count). The summed E-state index contributed by atoms with van der Waals surface area (Å²) in [5, 5.41) is 6.92. The van der Waals surface area contributed by atoms with Crippen molar-refractivity contribution >= 4 is 28.8 Å². The average Bonchev–Trinajstić information content (AvgIpc) is 2.84. The highest BCUT2D eigenvalue weighted by Gasteiger charge is 2.15. The van der Waals surface area contributed by atoms with Gasteiger partial charge in [0, 0.05) is 35.4 Å². The number of carbonyl (C=O) groups excluding carboxylic acids is 1. The number of ether oxygens (including phenoxy) is 2. The highest BCUT2D eigenvalue weighted by atomic mass is 16.5. The Labute approximate surface area is 211 Å². The molecule has 36 heavy (non-hydrogen) atoms. The number of aromatic nitrogens is 2. The number of nitrogens with zero attached hydrogens (tertiary/aromatic N) is 3. The number of hydrogen-bond donors (Lipinski definition) is 3. The molecule has 0 saturated carbocycles. The third-order valence-electron chi connectivity index (χ3n) is 4.81. The van der Waals surface area contributed by atoms with Crippen molar-refractivity contribution in [2.75, 3.05) is 25.1 Å². The summed E-state index contributed by atoms with van der Waals surface area (Å²) in [7, 11) is 0. The van der Waals surface area contributed by atoms with Gasteiger partial charge in [0.15, 0.2) is 12.4 Å². The molecule has 0 spiro atoms. The Morgan fingerprint density at radius 3 is 2.56 bits per heavy atom. The number of benzene rings is 2. The number of nitrogens with one attached hydrogen (secondary N) is 2. The van der Waals surface area contributed by atoms with Gasteiger partial charge in [0.1, 0.15) is 17.3 Å². The first-order valence-electron chi connectivity index (χ1n) is 11.9. The fourth-order valence-corrected chi connectivity index (χ4v) is 3.36. The molecule has 2 aromatic carbocycles. The summed E-state index contributed by atoms with van der Waals surface area (Å²) in [5.74, 6) is 2.11. The predicted octanol–water partition coefficient (Wildman–Crippen LogP) is 4.29. The lowest BCUT2D eigenvalue weighted by Crippen LogP contribution is -2.43. The smallest absolute Gasteiger partial charge is 0.258 e. The highest BCUT2D eigenvalue weighted by Crippen LogP contribution is 2.30. The van der Waals surface area contributed by atoms with Gasteiger partial charge in [-0.25, -0.2) is 9.97 Å². The molecule has 0 aliphatic rings. The molecule has 1 heterocycles. The molecule has 190 valence electrons. The zero-order chi connectivity index (χ0) is 26.1. The van der Waals surface area contributed by atoms with Crippen LogP contribution in [-0.2, 0) is 4.79 Å². The molecule has 1 amide bonds. The Kier molecular flexibility index (Phi) is 8.83. The molecular weight excluding hydrogens is 456 g/mol. The lowest BCUT2D eigenvalue weighted by atomic mass is 10.1. The lowest BCUT2D eigenvalue weighted by Gasteiger charge is -2.20. The van der Waals surface area contributed by atoms with Gasteiger partial charge in [-0.3, -0.25) is 9.79 Å². The van der Waals surface area contributed by atoms with E-state index in [1.807, 2.05) is 71.0 Å². The number of carbonyl (C=O) groups is 1. The molecule has 0 radical (unpaired) electrons. The van der Waals surface area contributed by atoms with E-state index in [0.29, 0.717) is 42.0 Å². The Balaban J connectivity index is 1.97. The van der Waals surface area contributed by atoms with E-state index in [2.05, 4.69) is 15.6 Å². The molecule has 9 heteroatoms. The zero-order valence-corrected chi connectivity index (χ0v) is 21.5. The molecule has 0 unspecified atom stereocenters. The Morgan fingerprint density at radius 2 is 1.86 bits per heavy atom. The summed E-state index contributed by atoms with van der Waals surface area (Å²) in [6.45, 7) is 10.7. The van der Waals surface area contributed by atoms with Crippen molar-refractivity contribution < 1.29 is 14.3 Å². The summed E-state index contributed by atoms with van der Waals surface area (Å²) >= 11 is 0. The van der Waals surface area contributed by atoms with Crippen LogP contribution in [0.4, 0.5) is 5.82 Å². The van der Waals surface area contributed by atoms with Crippen LogP contribution in [0.5, 0.6) is 11.5 Å². The summed E-state index contributed by atoms with van der Waals surface area (Å²) < 4.78 is 11.4. The van der Waals surface area contributed by atoms with Crippen LogP contribution in [0.1, 0.15) is 34.6 Å². The summed E-state index contributed by atoms with van der Waals surface area (Å²) in [5.41, 5.74) is 7.56. The van der Waals surface area contributed by atoms with Gasteiger partial charge < -0.3 is 25.8 Å². The Bertz CT molecular complexity index is 1260. The van der Waals surface area contributed by atoms with Crippen LogP contribution in [0.3, 0.4) is 0 Å². The van der Waals surface area contributed by atoms with Crippen LogP contribution >= 0.6 is 0 Å².